The normalized spacial score (nSPS) is 9.86. The number of carbonyl (C=O) groups excluding carboxylic acids is 2. The molecule has 0 spiro atoms. The van der Waals surface area contributed by atoms with Crippen LogP contribution in [0.15, 0.2) is 0 Å². The van der Waals surface area contributed by atoms with Gasteiger partial charge in [-0.2, -0.15) is 0 Å². The molecule has 82 valence electrons. The highest BCUT2D eigenvalue weighted by Crippen LogP contribution is 1.98. The number of rotatable bonds is 8. The van der Waals surface area contributed by atoms with Crippen LogP contribution in [-0.4, -0.2) is 17.7 Å². The molecular formula is C10H18ClNO2. The van der Waals surface area contributed by atoms with Crippen molar-refractivity contribution < 1.29 is 9.59 Å². The number of amides is 1. The summed E-state index contributed by atoms with van der Waals surface area (Å²) in [6, 6.07) is 0. The van der Waals surface area contributed by atoms with Crippen molar-refractivity contribution in [3.05, 3.63) is 0 Å². The quantitative estimate of drug-likeness (QED) is 0.503. The smallest absolute Gasteiger partial charge is 0.222 e. The molecule has 1 N–H and O–H groups in total. The first-order chi connectivity index (χ1) is 6.66. The second-order valence-electron chi connectivity index (χ2n) is 3.27. The first-order valence-corrected chi connectivity index (χ1v) is 5.49. The molecular weight excluding hydrogens is 202 g/mol. The summed E-state index contributed by atoms with van der Waals surface area (Å²) in [4.78, 5) is 21.4. The van der Waals surface area contributed by atoms with Crippen LogP contribution >= 0.6 is 11.6 Å². The number of hydrogen-bond acceptors (Lipinski definition) is 2. The van der Waals surface area contributed by atoms with Gasteiger partial charge in [0.1, 0.15) is 0 Å². The lowest BCUT2D eigenvalue weighted by Crippen LogP contribution is -2.24. The van der Waals surface area contributed by atoms with Gasteiger partial charge in [0.15, 0.2) is 0 Å². The molecule has 4 heteroatoms. The van der Waals surface area contributed by atoms with Gasteiger partial charge in [0.25, 0.3) is 0 Å². The van der Waals surface area contributed by atoms with Crippen LogP contribution in [0.4, 0.5) is 0 Å². The molecule has 0 aromatic carbocycles. The Kier molecular flexibility index (Phi) is 8.64. The Morgan fingerprint density at radius 1 is 1.14 bits per heavy atom. The van der Waals surface area contributed by atoms with Crippen LogP contribution in [0, 0.1) is 0 Å². The van der Waals surface area contributed by atoms with Crippen molar-refractivity contribution in [3.8, 4) is 0 Å². The fourth-order valence-corrected chi connectivity index (χ4v) is 1.17. The van der Waals surface area contributed by atoms with Crippen molar-refractivity contribution in [1.29, 1.82) is 0 Å². The van der Waals surface area contributed by atoms with E-state index in [0.29, 0.717) is 6.54 Å². The van der Waals surface area contributed by atoms with E-state index < -0.39 is 5.24 Å². The molecule has 0 aromatic heterocycles. The van der Waals surface area contributed by atoms with Gasteiger partial charge < -0.3 is 5.32 Å². The highest BCUT2D eigenvalue weighted by atomic mass is 35.5. The first-order valence-electron chi connectivity index (χ1n) is 5.11. The van der Waals surface area contributed by atoms with Gasteiger partial charge in [0.05, 0.1) is 0 Å². The number of hydrogen-bond donors (Lipinski definition) is 1. The molecule has 0 saturated carbocycles. The largest absolute Gasteiger partial charge is 0.356 e. The minimum absolute atomic E-state index is 0.0875. The van der Waals surface area contributed by atoms with E-state index in [4.69, 9.17) is 11.6 Å². The second-order valence-corrected chi connectivity index (χ2v) is 3.69. The van der Waals surface area contributed by atoms with E-state index in [-0.39, 0.29) is 18.7 Å². The molecule has 0 aliphatic heterocycles. The van der Waals surface area contributed by atoms with Crippen molar-refractivity contribution in [2.75, 3.05) is 6.54 Å². The van der Waals surface area contributed by atoms with Crippen LogP contribution in [0.25, 0.3) is 0 Å². The fourth-order valence-electron chi connectivity index (χ4n) is 1.08. The van der Waals surface area contributed by atoms with Gasteiger partial charge in [-0.05, 0) is 18.0 Å². The lowest BCUT2D eigenvalue weighted by Gasteiger charge is -2.03. The van der Waals surface area contributed by atoms with Gasteiger partial charge >= 0.3 is 0 Å². The van der Waals surface area contributed by atoms with Crippen LogP contribution in [-0.2, 0) is 9.59 Å². The first kappa shape index (κ1) is 13.4. The van der Waals surface area contributed by atoms with Gasteiger partial charge in [0.2, 0.25) is 11.1 Å². The van der Waals surface area contributed by atoms with E-state index >= 15 is 0 Å². The Hall–Kier alpha value is -0.570. The summed E-state index contributed by atoms with van der Waals surface area (Å²) in [5.74, 6) is -0.0875. The number of unbranched alkanes of at least 4 members (excludes halogenated alkanes) is 3. The van der Waals surface area contributed by atoms with Gasteiger partial charge in [-0.3, -0.25) is 9.59 Å². The van der Waals surface area contributed by atoms with Crippen LogP contribution < -0.4 is 5.32 Å². The molecule has 0 atom stereocenters. The monoisotopic (exact) mass is 219 g/mol. The predicted molar refractivity (Wildman–Crippen MR) is 57.2 cm³/mol. The fraction of sp³-hybridized carbons (Fsp3) is 0.800. The number of halogens is 1. The van der Waals surface area contributed by atoms with E-state index in [1.54, 1.807) is 0 Å². The highest BCUT2D eigenvalue weighted by molar-refractivity contribution is 6.63. The Morgan fingerprint density at radius 3 is 2.43 bits per heavy atom. The third kappa shape index (κ3) is 9.52. The number of carbonyl (C=O) groups is 2. The zero-order valence-electron chi connectivity index (χ0n) is 8.64. The topological polar surface area (TPSA) is 46.2 Å². The average Bonchev–Trinajstić information content (AvgIpc) is 2.14. The maximum absolute atomic E-state index is 11.1. The average molecular weight is 220 g/mol. The summed E-state index contributed by atoms with van der Waals surface area (Å²) in [5.41, 5.74) is 0. The van der Waals surface area contributed by atoms with E-state index in [9.17, 15) is 9.59 Å². The maximum atomic E-state index is 11.1. The molecule has 0 radical (unpaired) electrons. The zero-order valence-corrected chi connectivity index (χ0v) is 9.40. The third-order valence-corrected chi connectivity index (χ3v) is 2.09. The van der Waals surface area contributed by atoms with Gasteiger partial charge in [-0.25, -0.2) is 0 Å². The summed E-state index contributed by atoms with van der Waals surface area (Å²) < 4.78 is 0. The highest BCUT2D eigenvalue weighted by Gasteiger charge is 2.03. The lowest BCUT2D eigenvalue weighted by atomic mass is 10.2. The van der Waals surface area contributed by atoms with Crippen molar-refractivity contribution in [2.45, 2.75) is 45.4 Å². The molecule has 3 nitrogen and oxygen atoms in total. The molecule has 0 rings (SSSR count). The molecule has 0 aromatic rings. The summed E-state index contributed by atoms with van der Waals surface area (Å²) in [7, 11) is 0. The third-order valence-electron chi connectivity index (χ3n) is 1.90. The molecule has 1 amide bonds. The summed E-state index contributed by atoms with van der Waals surface area (Å²) in [6.07, 6.45) is 4.88. The molecule has 0 bridgehead atoms. The van der Waals surface area contributed by atoms with E-state index in [2.05, 4.69) is 12.2 Å². The van der Waals surface area contributed by atoms with Crippen LogP contribution in [0.2, 0.25) is 0 Å². The Labute approximate surface area is 90.2 Å². The molecule has 0 unspecified atom stereocenters. The molecule has 14 heavy (non-hydrogen) atoms. The lowest BCUT2D eigenvalue weighted by molar-refractivity contribution is -0.123. The minimum Gasteiger partial charge on any atom is -0.356 e. The minimum atomic E-state index is -0.453. The van der Waals surface area contributed by atoms with Gasteiger partial charge in [-0.1, -0.05) is 26.2 Å². The van der Waals surface area contributed by atoms with Crippen molar-refractivity contribution in [2.24, 2.45) is 0 Å². The summed E-state index contributed by atoms with van der Waals surface area (Å²) in [5, 5.41) is 2.29. The maximum Gasteiger partial charge on any atom is 0.222 e. The molecule has 0 aliphatic rings. The van der Waals surface area contributed by atoms with Gasteiger partial charge in [-0.15, -0.1) is 0 Å². The SMILES string of the molecule is CCCCCCNC(=O)CCC(=O)Cl. The molecule has 0 fully saturated rings. The van der Waals surface area contributed by atoms with Crippen molar-refractivity contribution in [1.82, 2.24) is 5.32 Å². The predicted octanol–water partition coefficient (Wildman–Crippen LogP) is 2.23. The standard InChI is InChI=1S/C10H18ClNO2/c1-2-3-4-5-8-12-10(14)7-6-9(11)13/h2-8H2,1H3,(H,12,14). The Bertz CT molecular complexity index is 183. The molecule has 0 aliphatic carbocycles. The number of nitrogens with one attached hydrogen (secondary N) is 1. The summed E-state index contributed by atoms with van der Waals surface area (Å²) in [6.45, 7) is 2.85. The van der Waals surface area contributed by atoms with E-state index in [1.165, 1.54) is 12.8 Å². The second kappa shape index (κ2) is 9.00. The Morgan fingerprint density at radius 2 is 1.86 bits per heavy atom. The Balaban J connectivity index is 3.22. The zero-order chi connectivity index (χ0) is 10.8. The molecule has 0 saturated heterocycles. The van der Waals surface area contributed by atoms with E-state index in [1.807, 2.05) is 0 Å². The van der Waals surface area contributed by atoms with Crippen LogP contribution in [0.5, 0.6) is 0 Å². The summed E-state index contributed by atoms with van der Waals surface area (Å²) >= 11 is 5.11. The van der Waals surface area contributed by atoms with Crippen molar-refractivity contribution in [3.63, 3.8) is 0 Å². The van der Waals surface area contributed by atoms with Crippen LogP contribution in [0.1, 0.15) is 45.4 Å². The molecule has 0 heterocycles. The van der Waals surface area contributed by atoms with Gasteiger partial charge in [0, 0.05) is 19.4 Å². The van der Waals surface area contributed by atoms with Crippen molar-refractivity contribution >= 4 is 22.8 Å². The van der Waals surface area contributed by atoms with E-state index in [0.717, 1.165) is 12.8 Å². The van der Waals surface area contributed by atoms with Crippen LogP contribution in [0.3, 0.4) is 0 Å².